The van der Waals surface area contributed by atoms with E-state index in [2.05, 4.69) is 26.1 Å². The SMILES string of the molecule is O=C(c1cc(Cc2n[nH]c(=O)c3ccccc23)ccc1F)N1CC2CCN(Cc3cccnc3)CC2C1. The van der Waals surface area contributed by atoms with Gasteiger partial charge in [-0.25, -0.2) is 9.49 Å². The maximum atomic E-state index is 14.9. The third-order valence-electron chi connectivity index (χ3n) is 7.71. The number of carbonyl (C=O) groups excluding carboxylic acids is 1. The molecule has 188 valence electrons. The minimum atomic E-state index is -0.513. The summed E-state index contributed by atoms with van der Waals surface area (Å²) in [4.78, 5) is 34.0. The van der Waals surface area contributed by atoms with Crippen LogP contribution >= 0.6 is 0 Å². The van der Waals surface area contributed by atoms with Crippen LogP contribution in [0.5, 0.6) is 0 Å². The molecule has 37 heavy (non-hydrogen) atoms. The highest BCUT2D eigenvalue weighted by molar-refractivity contribution is 5.95. The summed E-state index contributed by atoms with van der Waals surface area (Å²) >= 11 is 0. The fraction of sp³-hybridized carbons (Fsp3) is 0.310. The van der Waals surface area contributed by atoms with Crippen LogP contribution in [0, 0.1) is 17.7 Å². The molecule has 2 saturated heterocycles. The van der Waals surface area contributed by atoms with Gasteiger partial charge in [0.05, 0.1) is 16.6 Å². The van der Waals surface area contributed by atoms with Crippen molar-refractivity contribution >= 4 is 16.7 Å². The second kappa shape index (κ2) is 9.86. The Morgan fingerprint density at radius 3 is 2.68 bits per heavy atom. The van der Waals surface area contributed by atoms with Crippen molar-refractivity contribution in [1.29, 1.82) is 0 Å². The van der Waals surface area contributed by atoms with Gasteiger partial charge in [0.2, 0.25) is 0 Å². The molecule has 2 aliphatic rings. The minimum Gasteiger partial charge on any atom is -0.338 e. The van der Waals surface area contributed by atoms with Gasteiger partial charge in [0.15, 0.2) is 0 Å². The Bertz CT molecular complexity index is 1510. The number of amides is 1. The number of benzene rings is 2. The van der Waals surface area contributed by atoms with Gasteiger partial charge >= 0.3 is 0 Å². The van der Waals surface area contributed by atoms with Crippen LogP contribution in [0.2, 0.25) is 0 Å². The van der Waals surface area contributed by atoms with E-state index in [0.29, 0.717) is 42.4 Å². The predicted octanol–water partition coefficient (Wildman–Crippen LogP) is 3.64. The van der Waals surface area contributed by atoms with E-state index in [9.17, 15) is 14.0 Å². The third kappa shape index (κ3) is 4.76. The van der Waals surface area contributed by atoms with Crippen molar-refractivity contribution in [1.82, 2.24) is 25.0 Å². The number of rotatable bonds is 5. The Balaban J connectivity index is 1.17. The van der Waals surface area contributed by atoms with Gasteiger partial charge in [0.25, 0.3) is 11.5 Å². The molecule has 1 N–H and O–H groups in total. The normalized spacial score (nSPS) is 19.8. The van der Waals surface area contributed by atoms with E-state index in [1.807, 2.05) is 35.4 Å². The fourth-order valence-corrected chi connectivity index (χ4v) is 5.82. The molecule has 0 radical (unpaired) electrons. The summed E-state index contributed by atoms with van der Waals surface area (Å²) in [5, 5.41) is 8.08. The topological polar surface area (TPSA) is 82.2 Å². The van der Waals surface area contributed by atoms with Crippen molar-refractivity contribution in [2.75, 3.05) is 26.2 Å². The lowest BCUT2D eigenvalue weighted by Gasteiger charge is -2.34. The van der Waals surface area contributed by atoms with Crippen molar-refractivity contribution < 1.29 is 9.18 Å². The summed E-state index contributed by atoms with van der Waals surface area (Å²) in [7, 11) is 0. The molecule has 2 fully saturated rings. The zero-order chi connectivity index (χ0) is 25.4. The van der Waals surface area contributed by atoms with Crippen LogP contribution in [0.4, 0.5) is 4.39 Å². The first-order valence-electron chi connectivity index (χ1n) is 12.7. The summed E-state index contributed by atoms with van der Waals surface area (Å²) in [6.45, 7) is 4.08. The Morgan fingerprint density at radius 2 is 1.84 bits per heavy atom. The van der Waals surface area contributed by atoms with Crippen LogP contribution in [0.3, 0.4) is 0 Å². The van der Waals surface area contributed by atoms with Gasteiger partial charge in [-0.15, -0.1) is 0 Å². The van der Waals surface area contributed by atoms with E-state index >= 15 is 0 Å². The highest BCUT2D eigenvalue weighted by atomic mass is 19.1. The number of hydrogen-bond donors (Lipinski definition) is 1. The molecule has 6 rings (SSSR count). The summed E-state index contributed by atoms with van der Waals surface area (Å²) in [5.74, 6) is 0.0577. The number of aromatic nitrogens is 3. The van der Waals surface area contributed by atoms with E-state index in [0.717, 1.165) is 37.0 Å². The molecule has 4 heterocycles. The van der Waals surface area contributed by atoms with E-state index < -0.39 is 5.82 Å². The second-order valence-corrected chi connectivity index (χ2v) is 10.2. The molecule has 0 aliphatic carbocycles. The highest BCUT2D eigenvalue weighted by Crippen LogP contribution is 2.33. The number of piperidine rings is 1. The molecule has 2 aromatic heterocycles. The van der Waals surface area contributed by atoms with Crippen LogP contribution < -0.4 is 5.56 Å². The highest BCUT2D eigenvalue weighted by Gasteiger charge is 2.39. The summed E-state index contributed by atoms with van der Waals surface area (Å²) in [5.41, 5.74) is 2.49. The van der Waals surface area contributed by atoms with E-state index in [-0.39, 0.29) is 17.0 Å². The number of nitrogens with zero attached hydrogens (tertiary/aromatic N) is 4. The minimum absolute atomic E-state index is 0.0945. The molecule has 0 saturated carbocycles. The summed E-state index contributed by atoms with van der Waals surface area (Å²) in [6.07, 6.45) is 5.09. The molecule has 8 heteroatoms. The number of H-pyrrole nitrogens is 1. The molecule has 1 amide bonds. The lowest BCUT2D eigenvalue weighted by atomic mass is 9.88. The number of halogens is 1. The molecule has 2 atom stereocenters. The quantitative estimate of drug-likeness (QED) is 0.455. The first-order valence-corrected chi connectivity index (χ1v) is 12.7. The number of fused-ring (bicyclic) bond motifs is 2. The molecule has 4 aromatic rings. The molecule has 0 spiro atoms. The summed E-state index contributed by atoms with van der Waals surface area (Å²) in [6, 6.07) is 16.0. The average Bonchev–Trinajstić information content (AvgIpc) is 3.35. The first-order chi connectivity index (χ1) is 18.0. The maximum Gasteiger partial charge on any atom is 0.272 e. The zero-order valence-corrected chi connectivity index (χ0v) is 20.4. The number of nitrogens with one attached hydrogen (secondary N) is 1. The van der Waals surface area contributed by atoms with Gasteiger partial charge in [-0.3, -0.25) is 19.5 Å². The van der Waals surface area contributed by atoms with Gasteiger partial charge < -0.3 is 4.90 Å². The van der Waals surface area contributed by atoms with E-state index in [4.69, 9.17) is 0 Å². The van der Waals surface area contributed by atoms with Crippen LogP contribution in [-0.4, -0.2) is 57.1 Å². The lowest BCUT2D eigenvalue weighted by molar-refractivity contribution is 0.0779. The average molecular weight is 498 g/mol. The zero-order valence-electron chi connectivity index (χ0n) is 20.4. The third-order valence-corrected chi connectivity index (χ3v) is 7.71. The van der Waals surface area contributed by atoms with Crippen molar-refractivity contribution in [2.45, 2.75) is 19.4 Å². The Hall–Kier alpha value is -3.91. The standard InChI is InChI=1S/C29H28FN5O2/c30-26-8-7-19(13-27-23-5-1-2-6-24(23)28(36)33-32-27)12-25(26)29(37)35-17-21-9-11-34(16-22(21)18-35)15-20-4-3-10-31-14-20/h1-8,10,12,14,21-22H,9,11,13,15-18H2,(H,33,36). The van der Waals surface area contributed by atoms with Crippen molar-refractivity contribution in [3.05, 3.63) is 106 Å². The van der Waals surface area contributed by atoms with E-state index in [1.165, 1.54) is 11.6 Å². The van der Waals surface area contributed by atoms with Crippen LogP contribution in [0.25, 0.3) is 10.8 Å². The molecule has 0 bridgehead atoms. The van der Waals surface area contributed by atoms with Crippen LogP contribution in [-0.2, 0) is 13.0 Å². The Kier molecular flexibility index (Phi) is 6.26. The van der Waals surface area contributed by atoms with Gasteiger partial charge in [0.1, 0.15) is 5.82 Å². The Morgan fingerprint density at radius 1 is 1.00 bits per heavy atom. The second-order valence-electron chi connectivity index (χ2n) is 10.2. The Labute approximate surface area is 214 Å². The molecule has 2 aromatic carbocycles. The monoisotopic (exact) mass is 497 g/mol. The predicted molar refractivity (Wildman–Crippen MR) is 139 cm³/mol. The van der Waals surface area contributed by atoms with Gasteiger partial charge in [-0.1, -0.05) is 30.3 Å². The van der Waals surface area contributed by atoms with Gasteiger partial charge in [-0.2, -0.15) is 5.10 Å². The van der Waals surface area contributed by atoms with Gasteiger partial charge in [0, 0.05) is 50.4 Å². The molecular formula is C29H28FN5O2. The van der Waals surface area contributed by atoms with Crippen molar-refractivity contribution in [3.63, 3.8) is 0 Å². The van der Waals surface area contributed by atoms with E-state index in [1.54, 1.807) is 24.4 Å². The largest absolute Gasteiger partial charge is 0.338 e. The van der Waals surface area contributed by atoms with Crippen molar-refractivity contribution in [2.24, 2.45) is 11.8 Å². The smallest absolute Gasteiger partial charge is 0.272 e. The first kappa shape index (κ1) is 23.5. The van der Waals surface area contributed by atoms with Gasteiger partial charge in [-0.05, 0) is 60.2 Å². The number of likely N-dealkylation sites (tertiary alicyclic amines) is 2. The number of hydrogen-bond acceptors (Lipinski definition) is 5. The molecule has 2 aliphatic heterocycles. The maximum absolute atomic E-state index is 14.9. The lowest BCUT2D eigenvalue weighted by Crippen LogP contribution is -2.39. The fourth-order valence-electron chi connectivity index (χ4n) is 5.82. The number of pyridine rings is 1. The molecule has 7 nitrogen and oxygen atoms in total. The number of aromatic amines is 1. The van der Waals surface area contributed by atoms with Crippen molar-refractivity contribution in [3.8, 4) is 0 Å². The van der Waals surface area contributed by atoms with Crippen LogP contribution in [0.1, 0.15) is 33.6 Å². The number of carbonyl (C=O) groups is 1. The summed E-state index contributed by atoms with van der Waals surface area (Å²) < 4.78 is 14.9. The van der Waals surface area contributed by atoms with Crippen LogP contribution in [0.15, 0.2) is 71.8 Å². The molecule has 2 unspecified atom stereocenters. The molecular weight excluding hydrogens is 469 g/mol.